The van der Waals surface area contributed by atoms with Gasteiger partial charge in [-0.1, -0.05) is 0 Å². The van der Waals surface area contributed by atoms with Gasteiger partial charge in [-0.05, 0) is 62.4 Å². The maximum atomic E-state index is 13.2. The highest BCUT2D eigenvalue weighted by Crippen LogP contribution is 2.28. The van der Waals surface area contributed by atoms with Crippen LogP contribution < -0.4 is 5.32 Å². The zero-order chi connectivity index (χ0) is 17.9. The van der Waals surface area contributed by atoms with E-state index in [4.69, 9.17) is 9.84 Å². The average molecular weight is 347 g/mol. The Hall–Kier alpha value is -1.76. The molecule has 0 saturated carbocycles. The first-order chi connectivity index (χ1) is 12.1. The number of benzene rings is 1. The summed E-state index contributed by atoms with van der Waals surface area (Å²) in [6, 6.07) is 6.46. The summed E-state index contributed by atoms with van der Waals surface area (Å²) < 4.78 is 20.4. The Morgan fingerprint density at radius 3 is 2.76 bits per heavy atom. The van der Waals surface area contributed by atoms with Gasteiger partial charge < -0.3 is 15.2 Å². The smallest absolute Gasteiger partial charge is 0.123 e. The SMILES string of the molecule is COCC(C)(CCO)NCc1nn(-c2ccc(F)cc2)c2c1CCC2. The minimum atomic E-state index is -0.297. The van der Waals surface area contributed by atoms with Crippen molar-refractivity contribution < 1.29 is 14.2 Å². The van der Waals surface area contributed by atoms with E-state index >= 15 is 0 Å². The zero-order valence-corrected chi connectivity index (χ0v) is 14.9. The van der Waals surface area contributed by atoms with Crippen LogP contribution in [-0.4, -0.2) is 40.7 Å². The van der Waals surface area contributed by atoms with Gasteiger partial charge in [0.1, 0.15) is 5.82 Å². The highest BCUT2D eigenvalue weighted by molar-refractivity contribution is 5.40. The summed E-state index contributed by atoms with van der Waals surface area (Å²) in [5.41, 5.74) is 4.13. The lowest BCUT2D eigenvalue weighted by molar-refractivity contribution is 0.0966. The molecule has 1 aliphatic carbocycles. The first-order valence-electron chi connectivity index (χ1n) is 8.77. The van der Waals surface area contributed by atoms with Gasteiger partial charge in [-0.15, -0.1) is 0 Å². The second-order valence-corrected chi connectivity index (χ2v) is 6.93. The summed E-state index contributed by atoms with van der Waals surface area (Å²) in [4.78, 5) is 0. The zero-order valence-electron chi connectivity index (χ0n) is 14.9. The number of rotatable bonds is 8. The second kappa shape index (κ2) is 7.64. The van der Waals surface area contributed by atoms with Crippen molar-refractivity contribution in [3.63, 3.8) is 0 Å². The molecule has 3 rings (SSSR count). The van der Waals surface area contributed by atoms with E-state index in [1.165, 1.54) is 23.4 Å². The van der Waals surface area contributed by atoms with Crippen molar-refractivity contribution in [3.05, 3.63) is 47.0 Å². The predicted octanol–water partition coefficient (Wildman–Crippen LogP) is 2.38. The molecule has 0 fully saturated rings. The van der Waals surface area contributed by atoms with Gasteiger partial charge in [0, 0.05) is 31.5 Å². The monoisotopic (exact) mass is 347 g/mol. The van der Waals surface area contributed by atoms with Crippen molar-refractivity contribution in [2.75, 3.05) is 20.3 Å². The molecule has 0 radical (unpaired) electrons. The lowest BCUT2D eigenvalue weighted by atomic mass is 9.99. The van der Waals surface area contributed by atoms with Crippen LogP contribution in [-0.2, 0) is 24.1 Å². The van der Waals surface area contributed by atoms with Gasteiger partial charge >= 0.3 is 0 Å². The standard InChI is InChI=1S/C19H26FN3O2/c1-19(10-11-24,13-25-2)21-12-17-16-4-3-5-18(16)23(22-17)15-8-6-14(20)7-9-15/h6-9,21,24H,3-5,10-13H2,1-2H3. The number of fused-ring (bicyclic) bond motifs is 1. The number of ether oxygens (including phenoxy) is 1. The number of hydrogen-bond acceptors (Lipinski definition) is 4. The number of hydrogen-bond donors (Lipinski definition) is 2. The lowest BCUT2D eigenvalue weighted by Crippen LogP contribution is -2.46. The minimum Gasteiger partial charge on any atom is -0.396 e. The fraction of sp³-hybridized carbons (Fsp3) is 0.526. The van der Waals surface area contributed by atoms with Crippen LogP contribution in [0.15, 0.2) is 24.3 Å². The average Bonchev–Trinajstić information content (AvgIpc) is 3.17. The largest absolute Gasteiger partial charge is 0.396 e. The van der Waals surface area contributed by atoms with Crippen molar-refractivity contribution in [1.29, 1.82) is 0 Å². The number of nitrogens with one attached hydrogen (secondary N) is 1. The fourth-order valence-electron chi connectivity index (χ4n) is 3.53. The molecule has 0 spiro atoms. The van der Waals surface area contributed by atoms with Crippen LogP contribution in [0.4, 0.5) is 4.39 Å². The van der Waals surface area contributed by atoms with E-state index in [-0.39, 0.29) is 18.0 Å². The Bertz CT molecular complexity index is 706. The number of halogens is 1. The van der Waals surface area contributed by atoms with E-state index < -0.39 is 0 Å². The van der Waals surface area contributed by atoms with Gasteiger partial charge in [0.25, 0.3) is 0 Å². The third-order valence-electron chi connectivity index (χ3n) is 4.89. The molecule has 0 bridgehead atoms. The topological polar surface area (TPSA) is 59.3 Å². The third kappa shape index (κ3) is 3.92. The van der Waals surface area contributed by atoms with Crippen molar-refractivity contribution >= 4 is 0 Å². The van der Waals surface area contributed by atoms with Gasteiger partial charge in [0.2, 0.25) is 0 Å². The van der Waals surface area contributed by atoms with Crippen LogP contribution >= 0.6 is 0 Å². The molecule has 0 aliphatic heterocycles. The molecule has 1 aliphatic rings. The molecule has 0 saturated heterocycles. The Morgan fingerprint density at radius 1 is 1.32 bits per heavy atom. The number of methoxy groups -OCH3 is 1. The van der Waals surface area contributed by atoms with E-state index in [1.54, 1.807) is 19.2 Å². The first-order valence-corrected chi connectivity index (χ1v) is 8.77. The first kappa shape index (κ1) is 18.0. The minimum absolute atomic E-state index is 0.106. The summed E-state index contributed by atoms with van der Waals surface area (Å²) in [6.07, 6.45) is 3.75. The molecule has 1 atom stereocenters. The van der Waals surface area contributed by atoms with E-state index in [0.717, 1.165) is 30.6 Å². The van der Waals surface area contributed by atoms with Gasteiger partial charge in [0.05, 0.1) is 18.0 Å². The molecule has 5 nitrogen and oxygen atoms in total. The summed E-state index contributed by atoms with van der Waals surface area (Å²) in [7, 11) is 1.66. The maximum absolute atomic E-state index is 13.2. The van der Waals surface area contributed by atoms with Crippen LogP contribution in [0.3, 0.4) is 0 Å². The quantitative estimate of drug-likeness (QED) is 0.770. The summed E-state index contributed by atoms with van der Waals surface area (Å²) >= 11 is 0. The van der Waals surface area contributed by atoms with E-state index in [2.05, 4.69) is 5.32 Å². The molecular formula is C19H26FN3O2. The third-order valence-corrected chi connectivity index (χ3v) is 4.89. The Labute approximate surface area is 147 Å². The van der Waals surface area contributed by atoms with E-state index in [0.29, 0.717) is 19.6 Å². The second-order valence-electron chi connectivity index (χ2n) is 6.93. The molecule has 0 amide bonds. The summed E-state index contributed by atoms with van der Waals surface area (Å²) in [5, 5.41) is 17.6. The van der Waals surface area contributed by atoms with Crippen molar-refractivity contribution in [1.82, 2.24) is 15.1 Å². The Balaban J connectivity index is 1.83. The molecular weight excluding hydrogens is 321 g/mol. The number of aromatic nitrogens is 2. The number of aliphatic hydroxyl groups excluding tert-OH is 1. The summed E-state index contributed by atoms with van der Waals surface area (Å²) in [6.45, 7) is 3.30. The Morgan fingerprint density at radius 2 is 2.08 bits per heavy atom. The van der Waals surface area contributed by atoms with Crippen LogP contribution in [0.1, 0.15) is 36.7 Å². The molecule has 1 aromatic carbocycles. The Kier molecular flexibility index (Phi) is 5.51. The molecule has 1 heterocycles. The molecule has 2 N–H and O–H groups in total. The molecule has 1 unspecified atom stereocenters. The molecule has 1 aromatic heterocycles. The van der Waals surface area contributed by atoms with Gasteiger partial charge in [-0.2, -0.15) is 5.10 Å². The van der Waals surface area contributed by atoms with Crippen LogP contribution in [0.5, 0.6) is 0 Å². The van der Waals surface area contributed by atoms with E-state index in [9.17, 15) is 9.50 Å². The highest BCUT2D eigenvalue weighted by atomic mass is 19.1. The molecule has 25 heavy (non-hydrogen) atoms. The lowest BCUT2D eigenvalue weighted by Gasteiger charge is -2.29. The van der Waals surface area contributed by atoms with Crippen LogP contribution in [0.2, 0.25) is 0 Å². The van der Waals surface area contributed by atoms with Crippen molar-refractivity contribution in [3.8, 4) is 5.69 Å². The van der Waals surface area contributed by atoms with Crippen LogP contribution in [0.25, 0.3) is 5.69 Å². The summed E-state index contributed by atoms with van der Waals surface area (Å²) in [5.74, 6) is -0.242. The predicted molar refractivity (Wildman–Crippen MR) is 94.4 cm³/mol. The van der Waals surface area contributed by atoms with E-state index in [1.807, 2.05) is 11.6 Å². The van der Waals surface area contributed by atoms with Crippen LogP contribution in [0, 0.1) is 5.82 Å². The molecule has 2 aromatic rings. The van der Waals surface area contributed by atoms with Gasteiger partial charge in [-0.3, -0.25) is 0 Å². The van der Waals surface area contributed by atoms with Gasteiger partial charge in [-0.25, -0.2) is 9.07 Å². The van der Waals surface area contributed by atoms with Crippen molar-refractivity contribution in [2.24, 2.45) is 0 Å². The number of nitrogens with zero attached hydrogens (tertiary/aromatic N) is 2. The maximum Gasteiger partial charge on any atom is 0.123 e. The normalized spacial score (nSPS) is 16.0. The highest BCUT2D eigenvalue weighted by Gasteiger charge is 2.27. The molecule has 136 valence electrons. The van der Waals surface area contributed by atoms with Crippen molar-refractivity contribution in [2.45, 2.75) is 44.7 Å². The fourth-order valence-corrected chi connectivity index (χ4v) is 3.53. The molecule has 6 heteroatoms. The van der Waals surface area contributed by atoms with Gasteiger partial charge in [0.15, 0.2) is 0 Å². The number of aliphatic hydroxyl groups is 1.